The molecular formula is C11H12O6S2. The van der Waals surface area contributed by atoms with Crippen molar-refractivity contribution in [2.45, 2.75) is 17.2 Å². The minimum Gasteiger partial charge on any atom is -0.282 e. The van der Waals surface area contributed by atoms with Crippen molar-refractivity contribution in [2.75, 3.05) is 0 Å². The summed E-state index contributed by atoms with van der Waals surface area (Å²) >= 11 is 0. The largest absolute Gasteiger partial charge is 0.295 e. The fourth-order valence-corrected chi connectivity index (χ4v) is 2.85. The number of fused-ring (bicyclic) bond motifs is 1. The van der Waals surface area contributed by atoms with E-state index in [2.05, 4.69) is 0 Å². The highest BCUT2D eigenvalue weighted by atomic mass is 32.2. The van der Waals surface area contributed by atoms with Crippen LogP contribution >= 0.6 is 0 Å². The summed E-state index contributed by atoms with van der Waals surface area (Å²) in [4.78, 5) is -0.663. The summed E-state index contributed by atoms with van der Waals surface area (Å²) in [5, 5.41) is 0.452. The van der Waals surface area contributed by atoms with Gasteiger partial charge in [0.05, 0.1) is 4.90 Å². The fourth-order valence-electron chi connectivity index (χ4n) is 1.62. The zero-order chi connectivity index (χ0) is 13.6. The normalized spacial score (nSPS) is 12.1. The molecule has 0 spiro atoms. The van der Waals surface area contributed by atoms with E-state index in [1.807, 2.05) is 0 Å². The first-order chi connectivity index (χ1) is 8.19. The standard InChI is InChI=1S/C10H8O6S2.CH4/c11-17(12,13)8-4-5-9-7(6-8)2-1-3-10(9)18(14,15)16;/h1-6H,(H,11,12,13)(H,14,15,16);1H4. The number of rotatable bonds is 2. The van der Waals surface area contributed by atoms with Crippen LogP contribution in [-0.4, -0.2) is 25.9 Å². The molecule has 2 aromatic rings. The third-order valence-corrected chi connectivity index (χ3v) is 4.15. The smallest absolute Gasteiger partial charge is 0.282 e. The summed E-state index contributed by atoms with van der Waals surface area (Å²) in [6, 6.07) is 7.43. The molecule has 0 saturated carbocycles. The van der Waals surface area contributed by atoms with Crippen molar-refractivity contribution in [3.05, 3.63) is 36.4 Å². The molecule has 2 N–H and O–H groups in total. The number of hydrogen-bond donors (Lipinski definition) is 2. The maximum Gasteiger partial charge on any atom is 0.295 e. The Morgan fingerprint density at radius 3 is 2.00 bits per heavy atom. The van der Waals surface area contributed by atoms with Gasteiger partial charge in [0.1, 0.15) is 4.90 Å². The van der Waals surface area contributed by atoms with E-state index in [0.29, 0.717) is 0 Å². The van der Waals surface area contributed by atoms with Crippen LogP contribution in [0.15, 0.2) is 46.2 Å². The molecule has 2 aromatic carbocycles. The van der Waals surface area contributed by atoms with Crippen LogP contribution in [-0.2, 0) is 20.2 Å². The molecule has 0 unspecified atom stereocenters. The van der Waals surface area contributed by atoms with Crippen LogP contribution in [0, 0.1) is 0 Å². The molecule has 0 radical (unpaired) electrons. The third kappa shape index (κ3) is 3.10. The predicted molar refractivity (Wildman–Crippen MR) is 70.3 cm³/mol. The summed E-state index contributed by atoms with van der Waals surface area (Å²) in [6.45, 7) is 0. The number of benzene rings is 2. The Labute approximate surface area is 111 Å². The highest BCUT2D eigenvalue weighted by Gasteiger charge is 2.16. The summed E-state index contributed by atoms with van der Waals surface area (Å²) in [7, 11) is -8.74. The molecule has 8 heteroatoms. The lowest BCUT2D eigenvalue weighted by Crippen LogP contribution is -2.01. The molecule has 0 saturated heterocycles. The Morgan fingerprint density at radius 1 is 0.842 bits per heavy atom. The van der Waals surface area contributed by atoms with Crippen LogP contribution in [0.1, 0.15) is 7.43 Å². The van der Waals surface area contributed by atoms with Crippen molar-refractivity contribution >= 4 is 31.0 Å². The molecule has 0 aromatic heterocycles. The van der Waals surface area contributed by atoms with Crippen LogP contribution in [0.5, 0.6) is 0 Å². The van der Waals surface area contributed by atoms with E-state index in [9.17, 15) is 16.8 Å². The van der Waals surface area contributed by atoms with Crippen LogP contribution < -0.4 is 0 Å². The van der Waals surface area contributed by atoms with Gasteiger partial charge in [0.2, 0.25) is 0 Å². The van der Waals surface area contributed by atoms with Crippen LogP contribution in [0.3, 0.4) is 0 Å². The second-order valence-corrected chi connectivity index (χ2v) is 6.40. The molecule has 0 fully saturated rings. The summed E-state index contributed by atoms with van der Waals surface area (Å²) in [6.07, 6.45) is 0. The van der Waals surface area contributed by atoms with Gasteiger partial charge in [-0.25, -0.2) is 0 Å². The number of hydrogen-bond acceptors (Lipinski definition) is 4. The SMILES string of the molecule is C.O=S(=O)(O)c1ccc2c(S(=O)(=O)O)cccc2c1. The Morgan fingerprint density at radius 2 is 1.47 bits per heavy atom. The summed E-state index contributed by atoms with van der Waals surface area (Å²) < 4.78 is 62.0. The zero-order valence-electron chi connectivity index (χ0n) is 8.81. The van der Waals surface area contributed by atoms with E-state index in [-0.39, 0.29) is 28.0 Å². The maximum atomic E-state index is 11.1. The summed E-state index contributed by atoms with van der Waals surface area (Å²) in [5.74, 6) is 0. The minimum absolute atomic E-state index is 0. The quantitative estimate of drug-likeness (QED) is 0.821. The van der Waals surface area contributed by atoms with Crippen molar-refractivity contribution in [3.63, 3.8) is 0 Å². The lowest BCUT2D eigenvalue weighted by Gasteiger charge is -2.05. The van der Waals surface area contributed by atoms with Gasteiger partial charge in [0.15, 0.2) is 0 Å². The van der Waals surface area contributed by atoms with Crippen molar-refractivity contribution in [2.24, 2.45) is 0 Å². The molecule has 19 heavy (non-hydrogen) atoms. The highest BCUT2D eigenvalue weighted by Crippen LogP contribution is 2.25. The topological polar surface area (TPSA) is 109 Å². The van der Waals surface area contributed by atoms with Crippen LogP contribution in [0.4, 0.5) is 0 Å². The van der Waals surface area contributed by atoms with Crippen LogP contribution in [0.25, 0.3) is 10.8 Å². The van der Waals surface area contributed by atoms with E-state index in [1.165, 1.54) is 24.3 Å². The van der Waals surface area contributed by atoms with E-state index in [1.54, 1.807) is 0 Å². The molecule has 0 bridgehead atoms. The third-order valence-electron chi connectivity index (χ3n) is 2.39. The Bertz CT molecular complexity index is 821. The highest BCUT2D eigenvalue weighted by molar-refractivity contribution is 7.86. The lowest BCUT2D eigenvalue weighted by atomic mass is 10.1. The molecule has 0 aliphatic rings. The molecule has 0 atom stereocenters. The van der Waals surface area contributed by atoms with Gasteiger partial charge in [-0.3, -0.25) is 9.11 Å². The van der Waals surface area contributed by atoms with Gasteiger partial charge in [-0.1, -0.05) is 25.6 Å². The molecule has 0 aliphatic carbocycles. The second kappa shape index (κ2) is 4.89. The van der Waals surface area contributed by atoms with Crippen molar-refractivity contribution < 1.29 is 25.9 Å². The van der Waals surface area contributed by atoms with Gasteiger partial charge in [-0.15, -0.1) is 0 Å². The van der Waals surface area contributed by atoms with Gasteiger partial charge in [0, 0.05) is 5.39 Å². The minimum atomic E-state index is -4.39. The maximum absolute atomic E-state index is 11.1. The zero-order valence-corrected chi connectivity index (χ0v) is 10.4. The molecule has 0 amide bonds. The Balaban J connectivity index is 0.00000180. The predicted octanol–water partition coefficient (Wildman–Crippen LogP) is 1.97. The first-order valence-electron chi connectivity index (χ1n) is 4.67. The first kappa shape index (κ1) is 15.6. The van der Waals surface area contributed by atoms with Crippen molar-refractivity contribution in [1.29, 1.82) is 0 Å². The Hall–Kier alpha value is -1.48. The molecule has 2 rings (SSSR count). The molecular weight excluding hydrogens is 292 g/mol. The lowest BCUT2D eigenvalue weighted by molar-refractivity contribution is 0.482. The molecule has 0 aliphatic heterocycles. The summed E-state index contributed by atoms with van der Waals surface area (Å²) in [5.41, 5.74) is 0. The van der Waals surface area contributed by atoms with E-state index < -0.39 is 20.2 Å². The van der Waals surface area contributed by atoms with E-state index >= 15 is 0 Å². The molecule has 104 valence electrons. The molecule has 6 nitrogen and oxygen atoms in total. The van der Waals surface area contributed by atoms with Crippen LogP contribution in [0.2, 0.25) is 0 Å². The average molecular weight is 304 g/mol. The Kier molecular flexibility index (Phi) is 4.01. The fraction of sp³-hybridized carbons (Fsp3) is 0.0909. The van der Waals surface area contributed by atoms with E-state index in [4.69, 9.17) is 9.11 Å². The first-order valence-corrected chi connectivity index (χ1v) is 7.55. The van der Waals surface area contributed by atoms with Crippen molar-refractivity contribution in [3.8, 4) is 0 Å². The van der Waals surface area contributed by atoms with Gasteiger partial charge in [-0.05, 0) is 23.6 Å². The van der Waals surface area contributed by atoms with Gasteiger partial charge in [-0.2, -0.15) is 16.8 Å². The average Bonchev–Trinajstić information content (AvgIpc) is 2.25. The van der Waals surface area contributed by atoms with Gasteiger partial charge >= 0.3 is 0 Å². The van der Waals surface area contributed by atoms with Gasteiger partial charge in [0.25, 0.3) is 20.2 Å². The second-order valence-electron chi connectivity index (χ2n) is 3.59. The molecule has 0 heterocycles. The van der Waals surface area contributed by atoms with Crippen molar-refractivity contribution in [1.82, 2.24) is 0 Å². The van der Waals surface area contributed by atoms with Gasteiger partial charge < -0.3 is 0 Å². The monoisotopic (exact) mass is 304 g/mol. The van der Waals surface area contributed by atoms with E-state index in [0.717, 1.165) is 12.1 Å².